The van der Waals surface area contributed by atoms with Crippen LogP contribution >= 0.6 is 0 Å². The lowest BCUT2D eigenvalue weighted by molar-refractivity contribution is -0.141. The van der Waals surface area contributed by atoms with Crippen LogP contribution in [0.5, 0.6) is 0 Å². The summed E-state index contributed by atoms with van der Waals surface area (Å²) in [6.45, 7) is 3.47. The molecule has 1 aliphatic heterocycles. The lowest BCUT2D eigenvalue weighted by atomic mass is 9.97. The summed E-state index contributed by atoms with van der Waals surface area (Å²) in [5, 5.41) is 3.74. The van der Waals surface area contributed by atoms with Gasteiger partial charge in [-0.3, -0.25) is 0 Å². The van der Waals surface area contributed by atoms with Gasteiger partial charge in [0.2, 0.25) is 10.0 Å². The van der Waals surface area contributed by atoms with Crippen molar-refractivity contribution in [2.24, 2.45) is 0 Å². The third-order valence-electron chi connectivity index (χ3n) is 5.83. The van der Waals surface area contributed by atoms with Crippen LogP contribution in [0.1, 0.15) is 31.0 Å². The first-order valence-corrected chi connectivity index (χ1v) is 11.8. The molecule has 4 rings (SSSR count). The first-order chi connectivity index (χ1) is 15.4. The van der Waals surface area contributed by atoms with E-state index >= 15 is 0 Å². The summed E-state index contributed by atoms with van der Waals surface area (Å²) >= 11 is 0. The Hall–Kier alpha value is -2.72. The number of hydrogen-bond donors (Lipinski definition) is 0. The highest BCUT2D eigenvalue weighted by molar-refractivity contribution is 7.89. The van der Waals surface area contributed by atoms with Gasteiger partial charge in [0.15, 0.2) is 5.69 Å². The maximum atomic E-state index is 14.1. The minimum absolute atomic E-state index is 0.00574. The fraction of sp³-hybridized carbons (Fsp3) is 0.348. The van der Waals surface area contributed by atoms with Crippen LogP contribution in [-0.2, 0) is 16.2 Å². The number of hydrogen-bond acceptors (Lipinski definition) is 3. The van der Waals surface area contributed by atoms with E-state index in [9.17, 15) is 26.0 Å². The second-order valence-electron chi connectivity index (χ2n) is 8.50. The Morgan fingerprint density at radius 1 is 0.970 bits per heavy atom. The molecule has 1 saturated heterocycles. The smallest absolute Gasteiger partial charge is 0.244 e. The Morgan fingerprint density at radius 3 is 2.09 bits per heavy atom. The first kappa shape index (κ1) is 23.4. The van der Waals surface area contributed by atoms with Gasteiger partial charge in [-0.05, 0) is 57.0 Å². The van der Waals surface area contributed by atoms with Crippen molar-refractivity contribution in [1.82, 2.24) is 14.1 Å². The molecule has 0 unspecified atom stereocenters. The molecular formula is C23H23F4N3O2S. The zero-order valence-corrected chi connectivity index (χ0v) is 18.9. The topological polar surface area (TPSA) is 55.2 Å². The predicted octanol–water partition coefficient (Wildman–Crippen LogP) is 5.38. The molecule has 0 radical (unpaired) electrons. The zero-order chi connectivity index (χ0) is 24.0. The maximum absolute atomic E-state index is 14.1. The van der Waals surface area contributed by atoms with Crippen molar-refractivity contribution in [2.45, 2.75) is 43.4 Å². The van der Waals surface area contributed by atoms with Gasteiger partial charge in [0.1, 0.15) is 5.67 Å². The molecule has 0 atom stereocenters. The summed E-state index contributed by atoms with van der Waals surface area (Å²) in [6, 6.07) is 13.5. The minimum atomic E-state index is -4.63. The molecule has 0 amide bonds. The van der Waals surface area contributed by atoms with Crippen LogP contribution < -0.4 is 0 Å². The van der Waals surface area contributed by atoms with E-state index in [2.05, 4.69) is 5.10 Å². The summed E-state index contributed by atoms with van der Waals surface area (Å²) in [5.41, 5.74) is -0.411. The van der Waals surface area contributed by atoms with Crippen molar-refractivity contribution in [1.29, 1.82) is 0 Å². The molecule has 0 aliphatic carbocycles. The van der Waals surface area contributed by atoms with Gasteiger partial charge in [-0.15, -0.1) is 0 Å². The van der Waals surface area contributed by atoms with Crippen LogP contribution in [0.15, 0.2) is 59.5 Å². The van der Waals surface area contributed by atoms with Gasteiger partial charge >= 0.3 is 6.18 Å². The van der Waals surface area contributed by atoms with Crippen molar-refractivity contribution < 1.29 is 26.0 Å². The predicted molar refractivity (Wildman–Crippen MR) is 116 cm³/mol. The van der Waals surface area contributed by atoms with Gasteiger partial charge in [0, 0.05) is 18.7 Å². The Labute approximate surface area is 189 Å². The third kappa shape index (κ3) is 4.81. The monoisotopic (exact) mass is 481 g/mol. The molecule has 10 heteroatoms. The van der Waals surface area contributed by atoms with Gasteiger partial charge < -0.3 is 0 Å². The first-order valence-electron chi connectivity index (χ1n) is 10.4. The molecule has 1 aromatic heterocycles. The molecular weight excluding hydrogens is 458 g/mol. The summed E-state index contributed by atoms with van der Waals surface area (Å²) in [6.07, 6.45) is -4.41. The van der Waals surface area contributed by atoms with Crippen LogP contribution in [0.2, 0.25) is 0 Å². The molecule has 1 fully saturated rings. The maximum Gasteiger partial charge on any atom is 0.435 e. The molecule has 1 aliphatic rings. The fourth-order valence-corrected chi connectivity index (χ4v) is 5.19. The van der Waals surface area contributed by atoms with E-state index in [0.29, 0.717) is 5.56 Å². The van der Waals surface area contributed by atoms with Crippen molar-refractivity contribution in [3.63, 3.8) is 0 Å². The number of alkyl halides is 4. The van der Waals surface area contributed by atoms with Gasteiger partial charge in [0.05, 0.1) is 16.3 Å². The van der Waals surface area contributed by atoms with Crippen LogP contribution in [0.3, 0.4) is 0 Å². The van der Waals surface area contributed by atoms with Gasteiger partial charge in [-0.1, -0.05) is 29.8 Å². The molecule has 2 heterocycles. The SMILES string of the molecule is Cc1ccc(-c2cc(C(F)(F)F)nn2-c2ccc(S(=O)(=O)N3CCC(C)(F)CC3)cc2)cc1. The Balaban J connectivity index is 1.69. The summed E-state index contributed by atoms with van der Waals surface area (Å²) in [7, 11) is -3.84. The van der Waals surface area contributed by atoms with E-state index in [1.807, 2.05) is 6.92 Å². The molecule has 3 aromatic rings. The Morgan fingerprint density at radius 2 is 1.55 bits per heavy atom. The number of halogens is 4. The van der Waals surface area contributed by atoms with Gasteiger partial charge in [-0.25, -0.2) is 17.5 Å². The molecule has 0 saturated carbocycles. The highest BCUT2D eigenvalue weighted by Gasteiger charge is 2.36. The highest BCUT2D eigenvalue weighted by atomic mass is 32.2. The number of benzene rings is 2. The molecule has 5 nitrogen and oxygen atoms in total. The van der Waals surface area contributed by atoms with E-state index in [1.54, 1.807) is 24.3 Å². The molecule has 0 spiro atoms. The number of aryl methyl sites for hydroxylation is 1. The van der Waals surface area contributed by atoms with Crippen LogP contribution in [0.25, 0.3) is 16.9 Å². The lowest BCUT2D eigenvalue weighted by Gasteiger charge is -2.33. The number of nitrogens with zero attached hydrogens (tertiary/aromatic N) is 3. The van der Waals surface area contributed by atoms with E-state index in [-0.39, 0.29) is 42.2 Å². The number of aromatic nitrogens is 2. The molecule has 0 bridgehead atoms. The molecule has 33 heavy (non-hydrogen) atoms. The van der Waals surface area contributed by atoms with Gasteiger partial charge in [0.25, 0.3) is 0 Å². The molecule has 0 N–H and O–H groups in total. The van der Waals surface area contributed by atoms with Crippen molar-refractivity contribution in [3.8, 4) is 16.9 Å². The largest absolute Gasteiger partial charge is 0.435 e. The van der Waals surface area contributed by atoms with Crippen LogP contribution in [-0.4, -0.2) is 41.3 Å². The van der Waals surface area contributed by atoms with E-state index in [0.717, 1.165) is 16.3 Å². The van der Waals surface area contributed by atoms with E-state index < -0.39 is 27.6 Å². The second kappa shape index (κ2) is 8.25. The summed E-state index contributed by atoms with van der Waals surface area (Å²) in [4.78, 5) is -0.00574. The molecule has 176 valence electrons. The van der Waals surface area contributed by atoms with Crippen LogP contribution in [0, 0.1) is 6.92 Å². The Bertz CT molecular complexity index is 1240. The zero-order valence-electron chi connectivity index (χ0n) is 18.1. The summed E-state index contributed by atoms with van der Waals surface area (Å²) in [5.74, 6) is 0. The van der Waals surface area contributed by atoms with Crippen molar-refractivity contribution in [2.75, 3.05) is 13.1 Å². The number of sulfonamides is 1. The molecule has 2 aromatic carbocycles. The van der Waals surface area contributed by atoms with Crippen molar-refractivity contribution >= 4 is 10.0 Å². The van der Waals surface area contributed by atoms with E-state index in [1.165, 1.54) is 35.5 Å². The van der Waals surface area contributed by atoms with E-state index in [4.69, 9.17) is 0 Å². The summed E-state index contributed by atoms with van der Waals surface area (Å²) < 4.78 is 82.4. The lowest BCUT2D eigenvalue weighted by Crippen LogP contribution is -2.43. The third-order valence-corrected chi connectivity index (χ3v) is 7.74. The second-order valence-corrected chi connectivity index (χ2v) is 10.4. The van der Waals surface area contributed by atoms with Crippen LogP contribution in [0.4, 0.5) is 17.6 Å². The average molecular weight is 482 g/mol. The minimum Gasteiger partial charge on any atom is -0.244 e. The number of piperidine rings is 1. The van der Waals surface area contributed by atoms with Crippen molar-refractivity contribution in [3.05, 3.63) is 65.9 Å². The van der Waals surface area contributed by atoms with Gasteiger partial charge in [-0.2, -0.15) is 22.6 Å². The standard InChI is InChI=1S/C23H23F4N3O2S/c1-16-3-5-17(6-4-16)20-15-21(23(25,26)27)28-30(20)18-7-9-19(10-8-18)33(31,32)29-13-11-22(2,24)12-14-29/h3-10,15H,11-14H2,1-2H3. The number of rotatable bonds is 4. The Kier molecular flexibility index (Phi) is 5.86. The average Bonchev–Trinajstić information content (AvgIpc) is 3.20. The normalized spacial score (nSPS) is 17.3. The fourth-order valence-electron chi connectivity index (χ4n) is 3.75. The quantitative estimate of drug-likeness (QED) is 0.470. The highest BCUT2D eigenvalue weighted by Crippen LogP contribution is 2.34.